The number of phenolic OH excluding ortho intramolecular Hbond substituents is 1. The summed E-state index contributed by atoms with van der Waals surface area (Å²) in [6, 6.07) is 10.5. The van der Waals surface area contributed by atoms with Crippen molar-refractivity contribution in [3.63, 3.8) is 0 Å². The third-order valence-electron chi connectivity index (χ3n) is 3.98. The number of methoxy groups -OCH3 is 2. The summed E-state index contributed by atoms with van der Waals surface area (Å²) in [7, 11) is 3.13. The number of phenols is 1. The van der Waals surface area contributed by atoms with Crippen LogP contribution in [0.5, 0.6) is 17.2 Å². The van der Waals surface area contributed by atoms with Gasteiger partial charge in [-0.3, -0.25) is 4.79 Å². The van der Waals surface area contributed by atoms with Crippen LogP contribution in [0.25, 0.3) is 0 Å². The number of carbonyl (C=O) groups is 1. The molecule has 124 valence electrons. The smallest absolute Gasteiger partial charge is 0.246 e. The zero-order valence-electron chi connectivity index (χ0n) is 13.4. The van der Waals surface area contributed by atoms with Crippen molar-refractivity contribution in [2.75, 3.05) is 19.1 Å². The van der Waals surface area contributed by atoms with Crippen molar-refractivity contribution in [3.8, 4) is 17.2 Å². The Balaban J connectivity index is 2.25. The first-order valence-electron chi connectivity index (χ1n) is 7.37. The zero-order valence-corrected chi connectivity index (χ0v) is 13.4. The van der Waals surface area contributed by atoms with E-state index in [0.29, 0.717) is 29.2 Å². The van der Waals surface area contributed by atoms with Gasteiger partial charge in [-0.15, -0.1) is 0 Å². The summed E-state index contributed by atoms with van der Waals surface area (Å²) in [6.45, 7) is 0. The number of para-hydroxylation sites is 2. The van der Waals surface area contributed by atoms with Gasteiger partial charge in [-0.05, 0) is 12.1 Å². The van der Waals surface area contributed by atoms with Crippen LogP contribution < -0.4 is 20.1 Å². The Bertz CT molecular complexity index is 830. The highest BCUT2D eigenvalue weighted by molar-refractivity contribution is 5.96. The first-order valence-corrected chi connectivity index (χ1v) is 7.37. The molecule has 1 aliphatic rings. The second-order valence-electron chi connectivity index (χ2n) is 5.38. The number of carbonyl (C=O) groups excluding carboxylic acids is 1. The van der Waals surface area contributed by atoms with E-state index in [1.54, 1.807) is 55.7 Å². The summed E-state index contributed by atoms with van der Waals surface area (Å²) >= 11 is 0. The Morgan fingerprint density at radius 2 is 1.92 bits per heavy atom. The van der Waals surface area contributed by atoms with Crippen LogP contribution in [0.2, 0.25) is 0 Å². The second kappa shape index (κ2) is 6.16. The molecule has 3 N–H and O–H groups in total. The Morgan fingerprint density at radius 3 is 2.54 bits per heavy atom. The summed E-state index contributed by atoms with van der Waals surface area (Å²) in [5.41, 5.74) is 8.01. The fourth-order valence-corrected chi connectivity index (χ4v) is 2.78. The minimum Gasteiger partial charge on any atom is -0.506 e. The number of ether oxygens (including phenoxy) is 2. The van der Waals surface area contributed by atoms with E-state index < -0.39 is 5.91 Å². The molecule has 0 spiro atoms. The molecule has 0 radical (unpaired) electrons. The number of aromatic hydroxyl groups is 1. The van der Waals surface area contributed by atoms with Gasteiger partial charge in [0.2, 0.25) is 5.91 Å². The Labute approximate surface area is 139 Å². The highest BCUT2D eigenvalue weighted by atomic mass is 16.5. The Kier molecular flexibility index (Phi) is 4.04. The third kappa shape index (κ3) is 2.62. The molecule has 0 saturated heterocycles. The van der Waals surface area contributed by atoms with Crippen LogP contribution in [0.3, 0.4) is 0 Å². The maximum Gasteiger partial charge on any atom is 0.246 e. The number of nitrogens with zero attached hydrogens (tertiary/aromatic N) is 1. The lowest BCUT2D eigenvalue weighted by molar-refractivity contribution is -0.114. The molecule has 0 aliphatic carbocycles. The van der Waals surface area contributed by atoms with Gasteiger partial charge in [0.15, 0.2) is 0 Å². The number of rotatable bonds is 4. The lowest BCUT2D eigenvalue weighted by atomic mass is 9.97. The van der Waals surface area contributed by atoms with Gasteiger partial charge in [0, 0.05) is 35.9 Å². The number of benzene rings is 2. The molecule has 3 rings (SSSR count). The summed E-state index contributed by atoms with van der Waals surface area (Å²) in [5.74, 6) is 0.782. The molecule has 6 heteroatoms. The van der Waals surface area contributed by atoms with Crippen molar-refractivity contribution in [2.24, 2.45) is 5.73 Å². The van der Waals surface area contributed by atoms with Crippen LogP contribution in [0.4, 0.5) is 11.4 Å². The normalized spacial score (nSPS) is 13.1. The van der Waals surface area contributed by atoms with Crippen LogP contribution in [-0.4, -0.2) is 25.2 Å². The number of amides is 1. The molecule has 2 aromatic carbocycles. The van der Waals surface area contributed by atoms with Crippen molar-refractivity contribution < 1.29 is 19.4 Å². The maximum absolute atomic E-state index is 11.7. The minimum atomic E-state index is -0.515. The van der Waals surface area contributed by atoms with Gasteiger partial charge in [0.05, 0.1) is 25.6 Å². The Morgan fingerprint density at radius 1 is 1.17 bits per heavy atom. The molecule has 1 aliphatic heterocycles. The van der Waals surface area contributed by atoms with E-state index in [9.17, 15) is 9.90 Å². The maximum atomic E-state index is 11.7. The van der Waals surface area contributed by atoms with E-state index in [1.165, 1.54) is 0 Å². The first-order chi connectivity index (χ1) is 11.5. The monoisotopic (exact) mass is 326 g/mol. The molecule has 0 atom stereocenters. The standard InChI is InChI=1S/C18H18N2O4/c1-23-12-8-15-13(17(9-12)24-2)7-11(18(19)22)10-20(15)14-5-3-4-6-16(14)21/h3-6,8-10,21H,7H2,1-2H3,(H2,19,22). The quantitative estimate of drug-likeness (QED) is 0.901. The van der Waals surface area contributed by atoms with E-state index in [2.05, 4.69) is 0 Å². The molecule has 1 heterocycles. The van der Waals surface area contributed by atoms with Gasteiger partial charge in [0.25, 0.3) is 0 Å². The minimum absolute atomic E-state index is 0.0900. The molecule has 0 bridgehead atoms. The van der Waals surface area contributed by atoms with Gasteiger partial charge >= 0.3 is 0 Å². The van der Waals surface area contributed by atoms with Gasteiger partial charge in [0.1, 0.15) is 17.2 Å². The van der Waals surface area contributed by atoms with Crippen molar-refractivity contribution in [3.05, 3.63) is 53.7 Å². The van der Waals surface area contributed by atoms with E-state index in [-0.39, 0.29) is 5.75 Å². The van der Waals surface area contributed by atoms with E-state index in [4.69, 9.17) is 15.2 Å². The number of hydrogen-bond donors (Lipinski definition) is 2. The molecule has 6 nitrogen and oxygen atoms in total. The molecular weight excluding hydrogens is 308 g/mol. The SMILES string of the molecule is COc1cc(OC)c2c(c1)N(c1ccccc1O)C=C(C(N)=O)C2. The lowest BCUT2D eigenvalue weighted by Gasteiger charge is -2.30. The van der Waals surface area contributed by atoms with E-state index in [1.807, 2.05) is 6.07 Å². The number of fused-ring (bicyclic) bond motifs is 1. The first kappa shape index (κ1) is 15.7. The molecule has 0 aromatic heterocycles. The third-order valence-corrected chi connectivity index (χ3v) is 3.98. The van der Waals surface area contributed by atoms with Crippen LogP contribution in [-0.2, 0) is 11.2 Å². The molecular formula is C18H18N2O4. The average molecular weight is 326 g/mol. The molecule has 0 unspecified atom stereocenters. The largest absolute Gasteiger partial charge is 0.506 e. The molecule has 0 saturated carbocycles. The fourth-order valence-electron chi connectivity index (χ4n) is 2.78. The number of nitrogens with two attached hydrogens (primary N) is 1. The number of primary amides is 1. The van der Waals surface area contributed by atoms with Gasteiger partial charge in [-0.2, -0.15) is 0 Å². The molecule has 24 heavy (non-hydrogen) atoms. The topological polar surface area (TPSA) is 85.0 Å². The van der Waals surface area contributed by atoms with Gasteiger partial charge < -0.3 is 25.2 Å². The highest BCUT2D eigenvalue weighted by Crippen LogP contribution is 2.44. The van der Waals surface area contributed by atoms with Crippen molar-refractivity contribution in [1.29, 1.82) is 0 Å². The van der Waals surface area contributed by atoms with Gasteiger partial charge in [-0.1, -0.05) is 12.1 Å². The number of hydrogen-bond acceptors (Lipinski definition) is 5. The van der Waals surface area contributed by atoms with Crippen molar-refractivity contribution >= 4 is 17.3 Å². The summed E-state index contributed by atoms with van der Waals surface area (Å²) in [5, 5.41) is 10.2. The van der Waals surface area contributed by atoms with E-state index >= 15 is 0 Å². The second-order valence-corrected chi connectivity index (χ2v) is 5.38. The highest BCUT2D eigenvalue weighted by Gasteiger charge is 2.26. The van der Waals surface area contributed by atoms with Crippen LogP contribution >= 0.6 is 0 Å². The van der Waals surface area contributed by atoms with Crippen LogP contribution in [0.1, 0.15) is 5.56 Å². The van der Waals surface area contributed by atoms with Crippen LogP contribution in [0, 0.1) is 0 Å². The zero-order chi connectivity index (χ0) is 17.3. The fraction of sp³-hybridized carbons (Fsp3) is 0.167. The summed E-state index contributed by atoms with van der Waals surface area (Å²) < 4.78 is 10.8. The molecule has 1 amide bonds. The predicted octanol–water partition coefficient (Wildman–Crippen LogP) is 2.47. The average Bonchev–Trinajstić information content (AvgIpc) is 2.60. The summed E-state index contributed by atoms with van der Waals surface area (Å²) in [6.07, 6.45) is 1.99. The summed E-state index contributed by atoms with van der Waals surface area (Å²) in [4.78, 5) is 13.5. The molecule has 2 aromatic rings. The number of anilines is 2. The van der Waals surface area contributed by atoms with Gasteiger partial charge in [-0.25, -0.2) is 0 Å². The molecule has 0 fully saturated rings. The van der Waals surface area contributed by atoms with Crippen LogP contribution in [0.15, 0.2) is 48.2 Å². The predicted molar refractivity (Wildman–Crippen MR) is 90.8 cm³/mol. The Hall–Kier alpha value is -3.15. The lowest BCUT2D eigenvalue weighted by Crippen LogP contribution is -2.25. The van der Waals surface area contributed by atoms with Crippen molar-refractivity contribution in [2.45, 2.75) is 6.42 Å². The van der Waals surface area contributed by atoms with Crippen molar-refractivity contribution in [1.82, 2.24) is 0 Å². The van der Waals surface area contributed by atoms with E-state index in [0.717, 1.165) is 11.3 Å².